The number of ether oxygens (including phenoxy) is 1. The minimum atomic E-state index is -0.299. The quantitative estimate of drug-likeness (QED) is 0.343. The number of furan rings is 1. The molecule has 1 amide bonds. The van der Waals surface area contributed by atoms with E-state index < -0.39 is 0 Å². The number of amides is 1. The summed E-state index contributed by atoms with van der Waals surface area (Å²) in [6, 6.07) is 19.2. The van der Waals surface area contributed by atoms with Crippen molar-refractivity contribution in [1.82, 2.24) is 19.8 Å². The van der Waals surface area contributed by atoms with Crippen LogP contribution in [0.1, 0.15) is 35.2 Å². The van der Waals surface area contributed by atoms with E-state index in [0.29, 0.717) is 17.3 Å². The molecule has 0 radical (unpaired) electrons. The number of rotatable bonds is 7. The second-order valence-corrected chi connectivity index (χ2v) is 9.18. The molecule has 1 atom stereocenters. The summed E-state index contributed by atoms with van der Waals surface area (Å²) in [5.41, 5.74) is 3.88. The fourth-order valence-electron chi connectivity index (χ4n) is 4.09. The Balaban J connectivity index is 1.38. The Morgan fingerprint density at radius 2 is 1.94 bits per heavy atom. The monoisotopic (exact) mass is 487 g/mol. The first kappa shape index (κ1) is 22.9. The molecule has 2 aromatic heterocycles. The molecule has 1 aliphatic rings. The number of hydrazone groups is 1. The van der Waals surface area contributed by atoms with Crippen LogP contribution in [-0.4, -0.2) is 44.3 Å². The fraction of sp³-hybridized carbons (Fsp3) is 0.231. The number of carbonyl (C=O) groups excluding carboxylic acids is 1. The van der Waals surface area contributed by atoms with Crippen molar-refractivity contribution in [3.8, 4) is 11.4 Å². The molecule has 0 N–H and O–H groups in total. The predicted octanol–water partition coefficient (Wildman–Crippen LogP) is 4.96. The molecule has 2 aromatic carbocycles. The summed E-state index contributed by atoms with van der Waals surface area (Å²) >= 11 is 1.35. The largest absolute Gasteiger partial charge is 0.497 e. The van der Waals surface area contributed by atoms with Crippen molar-refractivity contribution < 1.29 is 13.9 Å². The van der Waals surface area contributed by atoms with Gasteiger partial charge in [0.15, 0.2) is 5.16 Å². The van der Waals surface area contributed by atoms with Gasteiger partial charge >= 0.3 is 0 Å². The van der Waals surface area contributed by atoms with E-state index in [2.05, 4.69) is 16.3 Å². The molecule has 4 aromatic rings. The number of hydrogen-bond donors (Lipinski definition) is 0. The first-order valence-electron chi connectivity index (χ1n) is 11.2. The van der Waals surface area contributed by atoms with Gasteiger partial charge in [0, 0.05) is 12.1 Å². The zero-order chi connectivity index (χ0) is 24.4. The lowest BCUT2D eigenvalue weighted by atomic mass is 10.0. The van der Waals surface area contributed by atoms with E-state index in [9.17, 15) is 4.79 Å². The summed E-state index contributed by atoms with van der Waals surface area (Å²) in [5, 5.41) is 15.4. The summed E-state index contributed by atoms with van der Waals surface area (Å²) < 4.78 is 12.9. The summed E-state index contributed by atoms with van der Waals surface area (Å²) in [5.74, 6) is 2.28. The van der Waals surface area contributed by atoms with Crippen LogP contribution >= 0.6 is 11.8 Å². The summed E-state index contributed by atoms with van der Waals surface area (Å²) in [6.07, 6.45) is 2.18. The van der Waals surface area contributed by atoms with Gasteiger partial charge in [-0.25, -0.2) is 5.01 Å². The number of nitrogens with zero attached hydrogens (tertiary/aromatic N) is 5. The van der Waals surface area contributed by atoms with Crippen molar-refractivity contribution in [2.45, 2.75) is 31.5 Å². The topological polar surface area (TPSA) is 85.8 Å². The lowest BCUT2D eigenvalue weighted by molar-refractivity contribution is -0.130. The second kappa shape index (κ2) is 9.79. The molecular weight excluding hydrogens is 462 g/mol. The second-order valence-electron chi connectivity index (χ2n) is 8.24. The van der Waals surface area contributed by atoms with Crippen LogP contribution in [0.5, 0.6) is 5.75 Å². The average Bonchev–Trinajstić information content (AvgIpc) is 3.62. The Hall–Kier alpha value is -3.85. The molecule has 0 spiro atoms. The summed E-state index contributed by atoms with van der Waals surface area (Å²) in [4.78, 5) is 13.4. The van der Waals surface area contributed by atoms with Crippen molar-refractivity contribution in [2.24, 2.45) is 5.10 Å². The molecule has 178 valence electrons. The number of benzene rings is 2. The number of methoxy groups -OCH3 is 1. The Kier molecular flexibility index (Phi) is 6.41. The first-order chi connectivity index (χ1) is 17.0. The third-order valence-electron chi connectivity index (χ3n) is 5.84. The van der Waals surface area contributed by atoms with Crippen LogP contribution in [0.4, 0.5) is 0 Å². The van der Waals surface area contributed by atoms with Crippen LogP contribution in [0.2, 0.25) is 0 Å². The normalized spacial score (nSPS) is 15.3. The van der Waals surface area contributed by atoms with E-state index in [4.69, 9.17) is 14.3 Å². The molecule has 0 fully saturated rings. The van der Waals surface area contributed by atoms with E-state index in [1.54, 1.807) is 13.4 Å². The van der Waals surface area contributed by atoms with Gasteiger partial charge in [-0.3, -0.25) is 9.36 Å². The average molecular weight is 488 g/mol. The maximum absolute atomic E-state index is 13.4. The molecule has 0 saturated carbocycles. The number of thioether (sulfide) groups is 1. The van der Waals surface area contributed by atoms with Crippen LogP contribution in [-0.2, 0) is 4.79 Å². The van der Waals surface area contributed by atoms with Gasteiger partial charge in [0.05, 0.1) is 24.8 Å². The molecule has 0 saturated heterocycles. The van der Waals surface area contributed by atoms with Crippen LogP contribution < -0.4 is 4.74 Å². The molecule has 5 rings (SSSR count). The number of aryl methyl sites for hydroxylation is 2. The summed E-state index contributed by atoms with van der Waals surface area (Å²) in [7, 11) is 1.63. The molecular formula is C26H25N5O3S. The SMILES string of the molecule is COc1ccc(C2=NN(C(=O)CSc3nnc(C)n3-c3cccc(C)c3)C(c3ccco3)C2)cc1. The molecule has 1 unspecified atom stereocenters. The number of carbonyl (C=O) groups is 1. The van der Waals surface area contributed by atoms with Crippen LogP contribution in [0.3, 0.4) is 0 Å². The van der Waals surface area contributed by atoms with Crippen LogP contribution in [0.25, 0.3) is 5.69 Å². The highest BCUT2D eigenvalue weighted by molar-refractivity contribution is 7.99. The number of aromatic nitrogens is 3. The van der Waals surface area contributed by atoms with Crippen molar-refractivity contribution in [1.29, 1.82) is 0 Å². The molecule has 8 nitrogen and oxygen atoms in total. The molecule has 35 heavy (non-hydrogen) atoms. The lowest BCUT2D eigenvalue weighted by Crippen LogP contribution is -2.28. The smallest absolute Gasteiger partial charge is 0.253 e. The lowest BCUT2D eigenvalue weighted by Gasteiger charge is -2.19. The molecule has 0 aliphatic carbocycles. The number of hydrogen-bond acceptors (Lipinski definition) is 7. The van der Waals surface area contributed by atoms with Crippen molar-refractivity contribution in [2.75, 3.05) is 12.9 Å². The van der Waals surface area contributed by atoms with Gasteiger partial charge in [-0.2, -0.15) is 5.10 Å². The van der Waals surface area contributed by atoms with Gasteiger partial charge in [0.25, 0.3) is 5.91 Å². The van der Waals surface area contributed by atoms with E-state index >= 15 is 0 Å². The Morgan fingerprint density at radius 1 is 1.11 bits per heavy atom. The van der Waals surface area contributed by atoms with Gasteiger partial charge in [0.2, 0.25) is 0 Å². The van der Waals surface area contributed by atoms with Crippen LogP contribution in [0.15, 0.2) is 81.6 Å². The zero-order valence-electron chi connectivity index (χ0n) is 19.7. The van der Waals surface area contributed by atoms with E-state index in [1.165, 1.54) is 16.8 Å². The van der Waals surface area contributed by atoms with Crippen LogP contribution in [0, 0.1) is 13.8 Å². The highest BCUT2D eigenvalue weighted by Gasteiger charge is 2.35. The molecule has 9 heteroatoms. The highest BCUT2D eigenvalue weighted by Crippen LogP contribution is 2.34. The maximum Gasteiger partial charge on any atom is 0.253 e. The Labute approximate surface area is 207 Å². The van der Waals surface area contributed by atoms with Gasteiger partial charge in [-0.05, 0) is 73.5 Å². The Morgan fingerprint density at radius 3 is 2.66 bits per heavy atom. The minimum Gasteiger partial charge on any atom is -0.497 e. The molecule has 0 bridgehead atoms. The van der Waals surface area contributed by atoms with Gasteiger partial charge in [-0.1, -0.05) is 23.9 Å². The van der Waals surface area contributed by atoms with Crippen molar-refractivity contribution in [3.63, 3.8) is 0 Å². The third-order valence-corrected chi connectivity index (χ3v) is 6.75. The maximum atomic E-state index is 13.4. The predicted molar refractivity (Wildman–Crippen MR) is 134 cm³/mol. The zero-order valence-corrected chi connectivity index (χ0v) is 20.5. The molecule has 3 heterocycles. The first-order valence-corrected chi connectivity index (χ1v) is 12.2. The van der Waals surface area contributed by atoms with E-state index in [1.807, 2.05) is 73.0 Å². The van der Waals surface area contributed by atoms with Gasteiger partial charge in [-0.15, -0.1) is 10.2 Å². The molecule has 1 aliphatic heterocycles. The highest BCUT2D eigenvalue weighted by atomic mass is 32.2. The van der Waals surface area contributed by atoms with Crippen molar-refractivity contribution >= 4 is 23.4 Å². The van der Waals surface area contributed by atoms with Crippen molar-refractivity contribution in [3.05, 3.63) is 89.6 Å². The standard InChI is InChI=1S/C26H25N5O3S/c1-17-6-4-7-20(14-17)30-18(2)27-28-26(30)35-16-25(32)31-23(24-8-5-13-34-24)15-22(29-31)19-9-11-21(33-3)12-10-19/h4-14,23H,15-16H2,1-3H3. The van der Waals surface area contributed by atoms with Gasteiger partial charge < -0.3 is 9.15 Å². The fourth-order valence-corrected chi connectivity index (χ4v) is 4.94. The van der Waals surface area contributed by atoms with Gasteiger partial charge in [0.1, 0.15) is 23.4 Å². The summed E-state index contributed by atoms with van der Waals surface area (Å²) in [6.45, 7) is 3.94. The van der Waals surface area contributed by atoms with E-state index in [0.717, 1.165) is 34.1 Å². The van der Waals surface area contributed by atoms with E-state index in [-0.39, 0.29) is 17.7 Å². The third kappa shape index (κ3) is 4.72. The Bertz CT molecular complexity index is 1360. The minimum absolute atomic E-state index is 0.128.